The molecule has 0 amide bonds. The molecule has 1 aliphatic heterocycles. The van der Waals surface area contributed by atoms with Gasteiger partial charge in [0.2, 0.25) is 0 Å². The molecule has 0 atom stereocenters. The summed E-state index contributed by atoms with van der Waals surface area (Å²) in [4.78, 5) is 0. The third-order valence-corrected chi connectivity index (χ3v) is 3.42. The van der Waals surface area contributed by atoms with Crippen molar-refractivity contribution >= 4 is 21.8 Å². The number of phenols is 1. The number of phenolic OH excluding ortho intramolecular Hbond substituents is 1. The highest BCUT2D eigenvalue weighted by molar-refractivity contribution is 6.12. The Morgan fingerprint density at radius 1 is 1.12 bits per heavy atom. The molecule has 4 rings (SSSR count). The van der Waals surface area contributed by atoms with Crippen LogP contribution in [0.2, 0.25) is 0 Å². The Balaban J connectivity index is 2.36. The molecule has 0 fully saturated rings. The van der Waals surface area contributed by atoms with Crippen molar-refractivity contribution in [1.29, 1.82) is 0 Å². The lowest BCUT2D eigenvalue weighted by Crippen LogP contribution is -2.13. The van der Waals surface area contributed by atoms with Crippen LogP contribution in [0.3, 0.4) is 0 Å². The molecule has 0 saturated carbocycles. The predicted molar refractivity (Wildman–Crippen MR) is 66.6 cm³/mol. The lowest BCUT2D eigenvalue weighted by atomic mass is 10.1. The van der Waals surface area contributed by atoms with E-state index in [0.29, 0.717) is 12.4 Å². The molecular weight excluding hydrogens is 214 g/mol. The third kappa shape index (κ3) is 1.01. The van der Waals surface area contributed by atoms with Crippen molar-refractivity contribution in [2.45, 2.75) is 6.54 Å². The third-order valence-electron chi connectivity index (χ3n) is 3.42. The van der Waals surface area contributed by atoms with Gasteiger partial charge in [0.05, 0.1) is 17.6 Å². The molecule has 2 heterocycles. The molecule has 3 aromatic rings. The number of hydrogen-bond acceptors (Lipinski definition) is 2. The van der Waals surface area contributed by atoms with Crippen molar-refractivity contribution in [2.24, 2.45) is 0 Å². The standard InChI is InChI=1S/C14H11NO2/c16-11-5-2-4-10-13(11)9-3-1-6-12-14(9)15(10)7-8-17-12/h1-6,16H,7-8H2. The second-order valence-corrected chi connectivity index (χ2v) is 4.32. The Morgan fingerprint density at radius 3 is 2.94 bits per heavy atom. The summed E-state index contributed by atoms with van der Waals surface area (Å²) in [6.07, 6.45) is 0. The molecule has 3 heteroatoms. The van der Waals surface area contributed by atoms with Gasteiger partial charge in [0, 0.05) is 10.8 Å². The van der Waals surface area contributed by atoms with Gasteiger partial charge in [-0.1, -0.05) is 18.2 Å². The van der Waals surface area contributed by atoms with Crippen LogP contribution in [-0.2, 0) is 6.54 Å². The van der Waals surface area contributed by atoms with E-state index in [0.717, 1.165) is 34.1 Å². The van der Waals surface area contributed by atoms with Crippen molar-refractivity contribution in [3.63, 3.8) is 0 Å². The van der Waals surface area contributed by atoms with Gasteiger partial charge < -0.3 is 14.4 Å². The minimum absolute atomic E-state index is 0.338. The van der Waals surface area contributed by atoms with Crippen molar-refractivity contribution in [1.82, 2.24) is 4.57 Å². The van der Waals surface area contributed by atoms with Gasteiger partial charge in [-0.15, -0.1) is 0 Å². The minimum Gasteiger partial charge on any atom is -0.507 e. The van der Waals surface area contributed by atoms with Gasteiger partial charge in [-0.05, 0) is 18.2 Å². The minimum atomic E-state index is 0.338. The van der Waals surface area contributed by atoms with Crippen LogP contribution >= 0.6 is 0 Å². The smallest absolute Gasteiger partial charge is 0.143 e. The summed E-state index contributed by atoms with van der Waals surface area (Å²) in [6.45, 7) is 1.52. The van der Waals surface area contributed by atoms with E-state index in [-0.39, 0.29) is 0 Å². The number of aromatic nitrogens is 1. The molecule has 17 heavy (non-hydrogen) atoms. The van der Waals surface area contributed by atoms with Crippen LogP contribution in [0.25, 0.3) is 21.8 Å². The van der Waals surface area contributed by atoms with E-state index in [2.05, 4.69) is 4.57 Å². The van der Waals surface area contributed by atoms with Crippen LogP contribution < -0.4 is 4.74 Å². The van der Waals surface area contributed by atoms with Gasteiger partial charge in [0.25, 0.3) is 0 Å². The summed E-state index contributed by atoms with van der Waals surface area (Å²) in [5, 5.41) is 12.0. The molecule has 1 aliphatic rings. The molecular formula is C14H11NO2. The average molecular weight is 225 g/mol. The van der Waals surface area contributed by atoms with Gasteiger partial charge in [0.15, 0.2) is 0 Å². The van der Waals surface area contributed by atoms with Crippen LogP contribution in [0.4, 0.5) is 0 Å². The number of hydrogen-bond donors (Lipinski definition) is 1. The number of aromatic hydroxyl groups is 1. The highest BCUT2D eigenvalue weighted by Crippen LogP contribution is 2.40. The molecule has 0 spiro atoms. The maximum Gasteiger partial charge on any atom is 0.143 e. The molecule has 84 valence electrons. The number of para-hydroxylation sites is 1. The monoisotopic (exact) mass is 225 g/mol. The van der Waals surface area contributed by atoms with E-state index in [1.807, 2.05) is 30.3 Å². The van der Waals surface area contributed by atoms with Gasteiger partial charge in [-0.3, -0.25) is 0 Å². The SMILES string of the molecule is Oc1cccc2c1c1cccc3c1n2CCO3. The van der Waals surface area contributed by atoms with Gasteiger partial charge >= 0.3 is 0 Å². The summed E-state index contributed by atoms with van der Waals surface area (Å²) in [6, 6.07) is 11.6. The van der Waals surface area contributed by atoms with Crippen LogP contribution in [-0.4, -0.2) is 16.3 Å². The normalized spacial score (nSPS) is 14.1. The van der Waals surface area contributed by atoms with Crippen molar-refractivity contribution < 1.29 is 9.84 Å². The van der Waals surface area contributed by atoms with Gasteiger partial charge in [0.1, 0.15) is 18.1 Å². The highest BCUT2D eigenvalue weighted by Gasteiger charge is 2.19. The lowest BCUT2D eigenvalue weighted by Gasteiger charge is -2.17. The Hall–Kier alpha value is -2.16. The summed E-state index contributed by atoms with van der Waals surface area (Å²) in [7, 11) is 0. The largest absolute Gasteiger partial charge is 0.507 e. The predicted octanol–water partition coefficient (Wildman–Crippen LogP) is 2.89. The van der Waals surface area contributed by atoms with Crippen molar-refractivity contribution in [2.75, 3.05) is 6.61 Å². The van der Waals surface area contributed by atoms with Crippen LogP contribution in [0.5, 0.6) is 11.5 Å². The van der Waals surface area contributed by atoms with E-state index in [1.54, 1.807) is 6.07 Å². The maximum atomic E-state index is 10.0. The summed E-state index contributed by atoms with van der Waals surface area (Å²) < 4.78 is 7.89. The number of nitrogens with zero attached hydrogens (tertiary/aromatic N) is 1. The first-order valence-electron chi connectivity index (χ1n) is 5.72. The zero-order valence-corrected chi connectivity index (χ0v) is 9.18. The second kappa shape index (κ2) is 2.94. The summed E-state index contributed by atoms with van der Waals surface area (Å²) in [5.74, 6) is 1.25. The number of ether oxygens (including phenoxy) is 1. The van der Waals surface area contributed by atoms with Crippen LogP contribution in [0.1, 0.15) is 0 Å². The average Bonchev–Trinajstić information content (AvgIpc) is 2.69. The molecule has 1 aromatic heterocycles. The quantitative estimate of drug-likeness (QED) is 0.638. The Kier molecular flexibility index (Phi) is 1.55. The molecule has 2 aromatic carbocycles. The topological polar surface area (TPSA) is 34.4 Å². The summed E-state index contributed by atoms with van der Waals surface area (Å²) in [5.41, 5.74) is 2.17. The van der Waals surface area contributed by atoms with Gasteiger partial charge in [-0.25, -0.2) is 0 Å². The van der Waals surface area contributed by atoms with E-state index in [1.165, 1.54) is 0 Å². The highest BCUT2D eigenvalue weighted by atomic mass is 16.5. The zero-order valence-electron chi connectivity index (χ0n) is 9.18. The van der Waals surface area contributed by atoms with Crippen LogP contribution in [0, 0.1) is 0 Å². The Bertz CT molecular complexity index is 743. The fourth-order valence-corrected chi connectivity index (χ4v) is 2.75. The summed E-state index contributed by atoms with van der Waals surface area (Å²) >= 11 is 0. The molecule has 1 N–H and O–H groups in total. The fourth-order valence-electron chi connectivity index (χ4n) is 2.75. The van der Waals surface area contributed by atoms with E-state index in [4.69, 9.17) is 4.74 Å². The van der Waals surface area contributed by atoms with Crippen molar-refractivity contribution in [3.05, 3.63) is 36.4 Å². The molecule has 3 nitrogen and oxygen atoms in total. The Labute approximate surface area is 97.8 Å². The van der Waals surface area contributed by atoms with Crippen molar-refractivity contribution in [3.8, 4) is 11.5 Å². The first-order chi connectivity index (χ1) is 8.36. The number of fused-ring (bicyclic) bond motifs is 3. The number of rotatable bonds is 0. The molecule has 0 radical (unpaired) electrons. The van der Waals surface area contributed by atoms with Crippen LogP contribution in [0.15, 0.2) is 36.4 Å². The van der Waals surface area contributed by atoms with E-state index < -0.39 is 0 Å². The molecule has 0 unspecified atom stereocenters. The number of benzene rings is 2. The fraction of sp³-hybridized carbons (Fsp3) is 0.143. The maximum absolute atomic E-state index is 10.0. The second-order valence-electron chi connectivity index (χ2n) is 4.32. The Morgan fingerprint density at radius 2 is 2.00 bits per heavy atom. The zero-order chi connectivity index (χ0) is 11.4. The van der Waals surface area contributed by atoms with Gasteiger partial charge in [-0.2, -0.15) is 0 Å². The molecule has 0 bridgehead atoms. The first kappa shape index (κ1) is 8.93. The molecule has 0 saturated heterocycles. The molecule has 0 aliphatic carbocycles. The lowest BCUT2D eigenvalue weighted by molar-refractivity contribution is 0.289. The first-order valence-corrected chi connectivity index (χ1v) is 5.72. The van der Waals surface area contributed by atoms with E-state index in [9.17, 15) is 5.11 Å². The van der Waals surface area contributed by atoms with E-state index >= 15 is 0 Å².